The van der Waals surface area contributed by atoms with E-state index in [1.165, 1.54) is 19.2 Å². The second-order valence-electron chi connectivity index (χ2n) is 3.62. The maximum Gasteiger partial charge on any atom is 0.175 e. The van der Waals surface area contributed by atoms with E-state index in [-0.39, 0.29) is 29.6 Å². The van der Waals surface area contributed by atoms with Crippen molar-refractivity contribution >= 4 is 5.78 Å². The van der Waals surface area contributed by atoms with Crippen molar-refractivity contribution in [3.05, 3.63) is 29.6 Å². The van der Waals surface area contributed by atoms with Crippen molar-refractivity contribution in [3.8, 4) is 5.75 Å². The summed E-state index contributed by atoms with van der Waals surface area (Å²) in [6.45, 7) is 1.89. The van der Waals surface area contributed by atoms with Gasteiger partial charge >= 0.3 is 0 Å². The summed E-state index contributed by atoms with van der Waals surface area (Å²) in [6.07, 6.45) is 0.845. The van der Waals surface area contributed by atoms with Crippen molar-refractivity contribution in [2.45, 2.75) is 25.8 Å². The molecular weight excluding hydrogens is 209 g/mol. The predicted molar refractivity (Wildman–Crippen MR) is 60.2 cm³/mol. The topological polar surface area (TPSA) is 52.3 Å². The van der Waals surface area contributed by atoms with E-state index in [2.05, 4.69) is 0 Å². The Morgan fingerprint density at radius 2 is 2.25 bits per heavy atom. The van der Waals surface area contributed by atoms with E-state index in [9.17, 15) is 9.18 Å². The van der Waals surface area contributed by atoms with Crippen molar-refractivity contribution in [1.29, 1.82) is 0 Å². The molecule has 0 bridgehead atoms. The molecule has 1 rings (SSSR count). The Morgan fingerprint density at radius 1 is 1.56 bits per heavy atom. The molecule has 1 atom stereocenters. The van der Waals surface area contributed by atoms with E-state index < -0.39 is 5.82 Å². The van der Waals surface area contributed by atoms with Crippen molar-refractivity contribution in [1.82, 2.24) is 0 Å². The number of ether oxygens (including phenoxy) is 1. The van der Waals surface area contributed by atoms with Gasteiger partial charge in [0.1, 0.15) is 0 Å². The molecule has 2 N–H and O–H groups in total. The van der Waals surface area contributed by atoms with Crippen LogP contribution in [-0.4, -0.2) is 18.9 Å². The van der Waals surface area contributed by atoms with Gasteiger partial charge in [-0.15, -0.1) is 0 Å². The van der Waals surface area contributed by atoms with Crippen LogP contribution in [0.2, 0.25) is 0 Å². The molecule has 0 aromatic heterocycles. The summed E-state index contributed by atoms with van der Waals surface area (Å²) in [4.78, 5) is 11.7. The van der Waals surface area contributed by atoms with Gasteiger partial charge in [0.15, 0.2) is 17.3 Å². The monoisotopic (exact) mass is 225 g/mol. The molecule has 0 saturated heterocycles. The Morgan fingerprint density at radius 3 is 2.81 bits per heavy atom. The number of benzene rings is 1. The Balaban J connectivity index is 2.91. The average Bonchev–Trinajstić information content (AvgIpc) is 2.29. The van der Waals surface area contributed by atoms with Crippen LogP contribution < -0.4 is 10.5 Å². The standard InChI is InChI=1S/C12H16FNO2/c1-3-8(14)7-10(15)9-5-4-6-11(16-2)12(9)13/h4-6,8H,3,7,14H2,1-2H3. The highest BCUT2D eigenvalue weighted by molar-refractivity contribution is 5.97. The summed E-state index contributed by atoms with van der Waals surface area (Å²) in [5.74, 6) is -0.819. The van der Waals surface area contributed by atoms with Crippen LogP contribution >= 0.6 is 0 Å². The molecule has 0 aliphatic rings. The number of hydrogen-bond donors (Lipinski definition) is 1. The molecule has 0 fully saturated rings. The van der Waals surface area contributed by atoms with Crippen molar-refractivity contribution in [2.75, 3.05) is 7.11 Å². The van der Waals surface area contributed by atoms with Crippen LogP contribution in [-0.2, 0) is 0 Å². The van der Waals surface area contributed by atoms with Crippen molar-refractivity contribution in [3.63, 3.8) is 0 Å². The lowest BCUT2D eigenvalue weighted by molar-refractivity contribution is 0.0969. The first-order valence-corrected chi connectivity index (χ1v) is 5.21. The molecule has 1 aromatic carbocycles. The van der Waals surface area contributed by atoms with E-state index >= 15 is 0 Å². The minimum absolute atomic E-state index is 0.0447. The third-order valence-electron chi connectivity index (χ3n) is 2.46. The zero-order valence-electron chi connectivity index (χ0n) is 9.50. The lowest BCUT2D eigenvalue weighted by Gasteiger charge is -2.09. The van der Waals surface area contributed by atoms with Gasteiger partial charge in [0, 0.05) is 12.5 Å². The van der Waals surface area contributed by atoms with Crippen molar-refractivity contribution in [2.24, 2.45) is 5.73 Å². The minimum atomic E-state index is -0.613. The SMILES string of the molecule is CCC(N)CC(=O)c1cccc(OC)c1F. The van der Waals surface area contributed by atoms with Gasteiger partial charge in [-0.1, -0.05) is 13.0 Å². The van der Waals surface area contributed by atoms with Gasteiger partial charge in [-0.05, 0) is 18.6 Å². The summed E-state index contributed by atoms with van der Waals surface area (Å²) in [7, 11) is 1.37. The molecule has 16 heavy (non-hydrogen) atoms. The third-order valence-corrected chi connectivity index (χ3v) is 2.46. The Labute approximate surface area is 94.4 Å². The number of carbonyl (C=O) groups is 1. The molecule has 0 spiro atoms. The number of halogens is 1. The highest BCUT2D eigenvalue weighted by Gasteiger charge is 2.17. The maximum atomic E-state index is 13.7. The van der Waals surface area contributed by atoms with Crippen LogP contribution in [0, 0.1) is 5.82 Å². The predicted octanol–water partition coefficient (Wildman–Crippen LogP) is 2.14. The second kappa shape index (κ2) is 5.61. The van der Waals surface area contributed by atoms with E-state index in [0.29, 0.717) is 6.42 Å². The fraction of sp³-hybridized carbons (Fsp3) is 0.417. The van der Waals surface area contributed by atoms with Gasteiger partial charge in [-0.25, -0.2) is 4.39 Å². The van der Waals surface area contributed by atoms with E-state index in [0.717, 1.165) is 0 Å². The molecule has 0 saturated carbocycles. The van der Waals surface area contributed by atoms with E-state index in [1.54, 1.807) is 6.07 Å². The van der Waals surface area contributed by atoms with Crippen LogP contribution in [0.15, 0.2) is 18.2 Å². The molecule has 0 heterocycles. The van der Waals surface area contributed by atoms with Gasteiger partial charge < -0.3 is 10.5 Å². The average molecular weight is 225 g/mol. The summed E-state index contributed by atoms with van der Waals surface area (Å²) >= 11 is 0. The number of methoxy groups -OCH3 is 1. The van der Waals surface area contributed by atoms with Crippen LogP contribution in [0.3, 0.4) is 0 Å². The Kier molecular flexibility index (Phi) is 4.43. The van der Waals surface area contributed by atoms with E-state index in [4.69, 9.17) is 10.5 Å². The minimum Gasteiger partial charge on any atom is -0.494 e. The fourth-order valence-corrected chi connectivity index (χ4v) is 1.38. The molecule has 1 unspecified atom stereocenters. The highest BCUT2D eigenvalue weighted by atomic mass is 19.1. The zero-order chi connectivity index (χ0) is 12.1. The van der Waals surface area contributed by atoms with Crippen LogP contribution in [0.1, 0.15) is 30.1 Å². The molecule has 4 heteroatoms. The number of hydrogen-bond acceptors (Lipinski definition) is 3. The number of rotatable bonds is 5. The maximum absolute atomic E-state index is 13.7. The van der Waals surface area contributed by atoms with Gasteiger partial charge in [-0.3, -0.25) is 4.79 Å². The highest BCUT2D eigenvalue weighted by Crippen LogP contribution is 2.21. The molecule has 3 nitrogen and oxygen atoms in total. The van der Waals surface area contributed by atoms with Crippen LogP contribution in [0.25, 0.3) is 0 Å². The van der Waals surface area contributed by atoms with Crippen LogP contribution in [0.4, 0.5) is 4.39 Å². The molecule has 0 radical (unpaired) electrons. The van der Waals surface area contributed by atoms with Gasteiger partial charge in [0.2, 0.25) is 0 Å². The number of carbonyl (C=O) groups excluding carboxylic acids is 1. The van der Waals surface area contributed by atoms with Crippen LogP contribution in [0.5, 0.6) is 5.75 Å². The Bertz CT molecular complexity index is 379. The summed E-state index contributed by atoms with van der Waals surface area (Å²) in [5.41, 5.74) is 5.70. The largest absolute Gasteiger partial charge is 0.494 e. The molecule has 0 aliphatic carbocycles. The molecule has 0 aliphatic heterocycles. The van der Waals surface area contributed by atoms with Gasteiger partial charge in [-0.2, -0.15) is 0 Å². The summed E-state index contributed by atoms with van der Waals surface area (Å²) in [6, 6.07) is 4.29. The third kappa shape index (κ3) is 2.79. The zero-order valence-corrected chi connectivity index (χ0v) is 9.50. The molecule has 88 valence electrons. The summed E-state index contributed by atoms with van der Waals surface area (Å²) < 4.78 is 18.5. The van der Waals surface area contributed by atoms with Gasteiger partial charge in [0.25, 0.3) is 0 Å². The lowest BCUT2D eigenvalue weighted by atomic mass is 10.0. The first-order chi connectivity index (χ1) is 7.60. The molecular formula is C12H16FNO2. The first-order valence-electron chi connectivity index (χ1n) is 5.21. The number of nitrogens with two attached hydrogens (primary N) is 1. The molecule has 1 aromatic rings. The quantitative estimate of drug-likeness (QED) is 0.781. The fourth-order valence-electron chi connectivity index (χ4n) is 1.38. The van der Waals surface area contributed by atoms with Crippen molar-refractivity contribution < 1.29 is 13.9 Å². The molecule has 0 amide bonds. The smallest absolute Gasteiger partial charge is 0.175 e. The summed E-state index contributed by atoms with van der Waals surface area (Å²) in [5, 5.41) is 0. The first kappa shape index (κ1) is 12.6. The second-order valence-corrected chi connectivity index (χ2v) is 3.62. The number of ketones is 1. The van der Waals surface area contributed by atoms with Gasteiger partial charge in [0.05, 0.1) is 12.7 Å². The number of Topliss-reactive ketones (excluding diaryl/α,β-unsaturated/α-hetero) is 1. The normalized spacial score (nSPS) is 12.2. The Hall–Kier alpha value is -1.42. The van der Waals surface area contributed by atoms with E-state index in [1.807, 2.05) is 6.92 Å². The lowest BCUT2D eigenvalue weighted by Crippen LogP contribution is -2.23.